The molecule has 0 bridgehead atoms. The zero-order chi connectivity index (χ0) is 15.7. The average molecular weight is 287 g/mol. The minimum Gasteiger partial charge on any atom is -0.481 e. The lowest BCUT2D eigenvalue weighted by atomic mass is 9.94. The molecule has 3 N–H and O–H groups in total. The zero-order valence-corrected chi connectivity index (χ0v) is 13.3. The van der Waals surface area contributed by atoms with Crippen LogP contribution < -0.4 is 10.6 Å². The van der Waals surface area contributed by atoms with Gasteiger partial charge >= 0.3 is 12.0 Å². The van der Waals surface area contributed by atoms with Crippen LogP contribution in [0.25, 0.3) is 0 Å². The maximum absolute atomic E-state index is 11.7. The summed E-state index contributed by atoms with van der Waals surface area (Å²) in [6.45, 7) is 7.08. The SMILES string of the molecule is CC(C)C[C@H](CNC(=O)NCC(C)N(C)C)CC(=O)O. The van der Waals surface area contributed by atoms with E-state index in [4.69, 9.17) is 5.11 Å². The van der Waals surface area contributed by atoms with Crippen LogP contribution in [0, 0.1) is 11.8 Å². The van der Waals surface area contributed by atoms with E-state index in [0.29, 0.717) is 19.0 Å². The van der Waals surface area contributed by atoms with Crippen molar-refractivity contribution in [2.75, 3.05) is 27.2 Å². The first-order chi connectivity index (χ1) is 9.22. The number of carboxylic acids is 1. The van der Waals surface area contributed by atoms with Gasteiger partial charge in [0.05, 0.1) is 0 Å². The number of carboxylic acid groups (broad SMARTS) is 1. The van der Waals surface area contributed by atoms with E-state index in [9.17, 15) is 9.59 Å². The van der Waals surface area contributed by atoms with Gasteiger partial charge < -0.3 is 20.6 Å². The molecule has 0 radical (unpaired) electrons. The van der Waals surface area contributed by atoms with Gasteiger partial charge in [0.2, 0.25) is 0 Å². The Kier molecular flexibility index (Phi) is 8.96. The van der Waals surface area contributed by atoms with Crippen LogP contribution in [0.15, 0.2) is 0 Å². The summed E-state index contributed by atoms with van der Waals surface area (Å²) in [5.41, 5.74) is 0. The standard InChI is InChI=1S/C14H29N3O3/c1-10(2)6-12(7-13(18)19)9-16-14(20)15-8-11(3)17(4)5/h10-12H,6-9H2,1-5H3,(H,18,19)(H2,15,16,20)/t11?,12-/m0/s1. The zero-order valence-electron chi connectivity index (χ0n) is 13.3. The van der Waals surface area contributed by atoms with Crippen molar-refractivity contribution in [1.29, 1.82) is 0 Å². The molecule has 0 saturated carbocycles. The van der Waals surface area contributed by atoms with Crippen molar-refractivity contribution >= 4 is 12.0 Å². The fraction of sp³-hybridized carbons (Fsp3) is 0.857. The van der Waals surface area contributed by atoms with Crippen molar-refractivity contribution in [3.8, 4) is 0 Å². The number of hydrogen-bond acceptors (Lipinski definition) is 3. The molecule has 0 fully saturated rings. The fourth-order valence-electron chi connectivity index (χ4n) is 1.87. The number of likely N-dealkylation sites (N-methyl/N-ethyl adjacent to an activating group) is 1. The van der Waals surface area contributed by atoms with E-state index in [1.54, 1.807) is 0 Å². The third kappa shape index (κ3) is 9.61. The third-order valence-corrected chi connectivity index (χ3v) is 3.26. The third-order valence-electron chi connectivity index (χ3n) is 3.26. The van der Waals surface area contributed by atoms with E-state index >= 15 is 0 Å². The number of carbonyl (C=O) groups excluding carboxylic acids is 1. The summed E-state index contributed by atoms with van der Waals surface area (Å²) in [7, 11) is 3.91. The summed E-state index contributed by atoms with van der Waals surface area (Å²) in [6.07, 6.45) is 0.882. The molecule has 0 aromatic carbocycles. The number of carbonyl (C=O) groups is 2. The Balaban J connectivity index is 4.06. The van der Waals surface area contributed by atoms with Gasteiger partial charge in [-0.05, 0) is 39.3 Å². The van der Waals surface area contributed by atoms with Crippen LogP contribution in [-0.2, 0) is 4.79 Å². The molecule has 0 spiro atoms. The summed E-state index contributed by atoms with van der Waals surface area (Å²) in [5, 5.41) is 14.4. The second-order valence-electron chi connectivity index (χ2n) is 6.00. The largest absolute Gasteiger partial charge is 0.481 e. The maximum Gasteiger partial charge on any atom is 0.314 e. The normalized spacial score (nSPS) is 14.2. The van der Waals surface area contributed by atoms with Crippen molar-refractivity contribution in [3.05, 3.63) is 0 Å². The molecule has 20 heavy (non-hydrogen) atoms. The highest BCUT2D eigenvalue weighted by Gasteiger charge is 2.16. The summed E-state index contributed by atoms with van der Waals surface area (Å²) < 4.78 is 0. The van der Waals surface area contributed by atoms with Crippen molar-refractivity contribution in [2.45, 2.75) is 39.7 Å². The summed E-state index contributed by atoms with van der Waals surface area (Å²) >= 11 is 0. The van der Waals surface area contributed by atoms with Crippen LogP contribution in [0.4, 0.5) is 4.79 Å². The summed E-state index contributed by atoms with van der Waals surface area (Å²) in [6, 6.07) is 0.0177. The summed E-state index contributed by atoms with van der Waals surface area (Å²) in [4.78, 5) is 24.5. The van der Waals surface area contributed by atoms with Gasteiger partial charge in [0, 0.05) is 25.6 Å². The predicted octanol–water partition coefficient (Wildman–Crippen LogP) is 1.37. The molecule has 0 heterocycles. The first-order valence-electron chi connectivity index (χ1n) is 7.12. The molecule has 0 rings (SSSR count). The van der Waals surface area contributed by atoms with E-state index in [2.05, 4.69) is 10.6 Å². The maximum atomic E-state index is 11.7. The number of hydrogen-bond donors (Lipinski definition) is 3. The molecule has 0 aliphatic carbocycles. The lowest BCUT2D eigenvalue weighted by Gasteiger charge is -2.21. The first kappa shape index (κ1) is 18.7. The fourth-order valence-corrected chi connectivity index (χ4v) is 1.87. The van der Waals surface area contributed by atoms with Crippen molar-refractivity contribution in [2.24, 2.45) is 11.8 Å². The van der Waals surface area contributed by atoms with Crippen LogP contribution in [0.2, 0.25) is 0 Å². The smallest absolute Gasteiger partial charge is 0.314 e. The minimum atomic E-state index is -0.820. The van der Waals surface area contributed by atoms with Gasteiger partial charge in [0.1, 0.15) is 0 Å². The molecule has 1 unspecified atom stereocenters. The monoisotopic (exact) mass is 287 g/mol. The van der Waals surface area contributed by atoms with Crippen molar-refractivity contribution in [3.63, 3.8) is 0 Å². The molecular weight excluding hydrogens is 258 g/mol. The highest BCUT2D eigenvalue weighted by molar-refractivity contribution is 5.74. The van der Waals surface area contributed by atoms with E-state index < -0.39 is 5.97 Å². The van der Waals surface area contributed by atoms with Gasteiger partial charge in [0.25, 0.3) is 0 Å². The van der Waals surface area contributed by atoms with Gasteiger partial charge in [-0.2, -0.15) is 0 Å². The quantitative estimate of drug-likeness (QED) is 0.598. The Morgan fingerprint density at radius 2 is 1.65 bits per heavy atom. The van der Waals surface area contributed by atoms with Gasteiger partial charge in [-0.1, -0.05) is 13.8 Å². The molecule has 0 aromatic rings. The van der Waals surface area contributed by atoms with Crippen LogP contribution in [0.5, 0.6) is 0 Å². The predicted molar refractivity (Wildman–Crippen MR) is 79.7 cm³/mol. The number of nitrogens with one attached hydrogen (secondary N) is 2. The minimum absolute atomic E-state index is 0.0236. The van der Waals surface area contributed by atoms with E-state index in [1.807, 2.05) is 39.8 Å². The van der Waals surface area contributed by atoms with E-state index in [0.717, 1.165) is 6.42 Å². The molecule has 6 heteroatoms. The molecule has 118 valence electrons. The van der Waals surface area contributed by atoms with Crippen LogP contribution in [0.3, 0.4) is 0 Å². The number of amides is 2. The van der Waals surface area contributed by atoms with Crippen molar-refractivity contribution < 1.29 is 14.7 Å². The Morgan fingerprint density at radius 1 is 1.10 bits per heavy atom. The van der Waals surface area contributed by atoms with Crippen LogP contribution in [-0.4, -0.2) is 55.2 Å². The van der Waals surface area contributed by atoms with E-state index in [1.165, 1.54) is 0 Å². The molecule has 2 amide bonds. The second-order valence-corrected chi connectivity index (χ2v) is 6.00. The molecule has 0 aliphatic rings. The molecule has 2 atom stereocenters. The molecular formula is C14H29N3O3. The number of urea groups is 1. The molecule has 0 saturated heterocycles. The Labute approximate surface area is 121 Å². The van der Waals surface area contributed by atoms with Gasteiger partial charge in [0.15, 0.2) is 0 Å². The highest BCUT2D eigenvalue weighted by Crippen LogP contribution is 2.14. The molecule has 6 nitrogen and oxygen atoms in total. The summed E-state index contributed by atoms with van der Waals surface area (Å²) in [5.74, 6) is -0.429. The van der Waals surface area contributed by atoms with Gasteiger partial charge in [-0.25, -0.2) is 4.79 Å². The lowest BCUT2D eigenvalue weighted by Crippen LogP contribution is -2.44. The number of aliphatic carboxylic acids is 1. The molecule has 0 aromatic heterocycles. The number of nitrogens with zero attached hydrogens (tertiary/aromatic N) is 1. The van der Waals surface area contributed by atoms with Gasteiger partial charge in [-0.15, -0.1) is 0 Å². The number of rotatable bonds is 9. The lowest BCUT2D eigenvalue weighted by molar-refractivity contribution is -0.138. The first-order valence-corrected chi connectivity index (χ1v) is 7.12. The van der Waals surface area contributed by atoms with Crippen LogP contribution in [0.1, 0.15) is 33.6 Å². The topological polar surface area (TPSA) is 81.7 Å². The van der Waals surface area contributed by atoms with Gasteiger partial charge in [-0.3, -0.25) is 4.79 Å². The average Bonchev–Trinajstić information content (AvgIpc) is 2.31. The van der Waals surface area contributed by atoms with Crippen molar-refractivity contribution in [1.82, 2.24) is 15.5 Å². The Morgan fingerprint density at radius 3 is 2.10 bits per heavy atom. The van der Waals surface area contributed by atoms with E-state index in [-0.39, 0.29) is 24.4 Å². The Bertz CT molecular complexity index is 306. The van der Waals surface area contributed by atoms with Crippen LogP contribution >= 0.6 is 0 Å². The highest BCUT2D eigenvalue weighted by atomic mass is 16.4. The molecule has 0 aliphatic heterocycles. The second kappa shape index (κ2) is 9.58. The Hall–Kier alpha value is -1.30.